The van der Waals surface area contributed by atoms with Gasteiger partial charge in [0.1, 0.15) is 6.07 Å². The number of hydrogen-bond donors (Lipinski definition) is 0. The van der Waals surface area contributed by atoms with Crippen LogP contribution in [0.5, 0.6) is 0 Å². The maximum absolute atomic E-state index is 12.7. The highest BCUT2D eigenvalue weighted by Crippen LogP contribution is 2.32. The Balaban J connectivity index is 2.30. The van der Waals surface area contributed by atoms with Crippen LogP contribution in [0, 0.1) is 17.2 Å². The topological polar surface area (TPSA) is 78.2 Å². The third kappa shape index (κ3) is 3.08. The maximum Gasteiger partial charge on any atom is 0.302 e. The average molecular weight is 317 g/mol. The van der Waals surface area contributed by atoms with Crippen LogP contribution < -0.4 is 4.90 Å². The lowest BCUT2D eigenvalue weighted by atomic mass is 10.1. The van der Waals surface area contributed by atoms with Crippen molar-refractivity contribution in [3.05, 3.63) is 28.8 Å². The van der Waals surface area contributed by atoms with E-state index in [2.05, 4.69) is 0 Å². The van der Waals surface area contributed by atoms with E-state index in [9.17, 15) is 17.1 Å². The van der Waals surface area contributed by atoms with Gasteiger partial charge >= 0.3 is 10.2 Å². The summed E-state index contributed by atoms with van der Waals surface area (Å²) in [4.78, 5) is 13.2. The molecule has 8 heteroatoms. The fourth-order valence-electron chi connectivity index (χ4n) is 2.26. The Hall–Kier alpha value is -1.65. The van der Waals surface area contributed by atoms with Crippen molar-refractivity contribution in [3.8, 4) is 6.07 Å². The Morgan fingerprint density at radius 3 is 2.80 bits per heavy atom. The monoisotopic (exact) mass is 316 g/mol. The van der Waals surface area contributed by atoms with Gasteiger partial charge in [-0.05, 0) is 12.1 Å². The van der Waals surface area contributed by atoms with Crippen molar-refractivity contribution < 1.29 is 17.1 Å². The molecule has 1 aliphatic rings. The van der Waals surface area contributed by atoms with Gasteiger partial charge in [-0.1, -0.05) is 17.7 Å². The first-order valence-corrected chi connectivity index (χ1v) is 7.66. The predicted molar refractivity (Wildman–Crippen MR) is 71.5 cm³/mol. The number of nitriles is 1. The molecular weight excluding hydrogens is 307 g/mol. The van der Waals surface area contributed by atoms with Gasteiger partial charge in [0, 0.05) is 18.9 Å². The minimum atomic E-state index is -4.63. The van der Waals surface area contributed by atoms with Crippen molar-refractivity contribution in [1.29, 1.82) is 5.26 Å². The molecular formula is C12H10ClFN2O3S. The summed E-state index contributed by atoms with van der Waals surface area (Å²) >= 11 is 5.88. The Labute approximate surface area is 120 Å². The molecule has 106 valence electrons. The second-order valence-electron chi connectivity index (χ2n) is 4.53. The molecule has 1 fully saturated rings. The highest BCUT2D eigenvalue weighted by atomic mass is 35.5. The molecule has 2 rings (SSSR count). The molecule has 5 nitrogen and oxygen atoms in total. The standard InChI is InChI=1S/C12H10ClFN2O3S/c13-10-2-1-3-11(9(10)5-15)16-6-8(4-12(16)17)7-20(14,18)19/h1-3,8H,4,6-7H2. The minimum Gasteiger partial charge on any atom is -0.311 e. The molecule has 1 atom stereocenters. The van der Waals surface area contributed by atoms with Crippen LogP contribution in [0.2, 0.25) is 5.02 Å². The van der Waals surface area contributed by atoms with Gasteiger partial charge in [0.2, 0.25) is 5.91 Å². The van der Waals surface area contributed by atoms with Gasteiger partial charge in [0.25, 0.3) is 0 Å². The van der Waals surface area contributed by atoms with E-state index in [4.69, 9.17) is 16.9 Å². The number of benzene rings is 1. The van der Waals surface area contributed by atoms with E-state index in [1.165, 1.54) is 11.0 Å². The van der Waals surface area contributed by atoms with E-state index in [1.54, 1.807) is 12.1 Å². The van der Waals surface area contributed by atoms with Gasteiger partial charge in [-0.15, -0.1) is 3.89 Å². The molecule has 0 bridgehead atoms. The van der Waals surface area contributed by atoms with Gasteiger partial charge in [-0.25, -0.2) is 0 Å². The largest absolute Gasteiger partial charge is 0.311 e. The highest BCUT2D eigenvalue weighted by Gasteiger charge is 2.34. The lowest BCUT2D eigenvalue weighted by Gasteiger charge is -2.18. The van der Waals surface area contributed by atoms with Crippen LogP contribution >= 0.6 is 11.6 Å². The van der Waals surface area contributed by atoms with Gasteiger partial charge in [0.15, 0.2) is 0 Å². The molecule has 1 heterocycles. The first-order valence-electron chi connectivity index (χ1n) is 5.73. The van der Waals surface area contributed by atoms with Gasteiger partial charge in [-0.3, -0.25) is 4.79 Å². The normalized spacial score (nSPS) is 19.1. The Morgan fingerprint density at radius 1 is 1.50 bits per heavy atom. The minimum absolute atomic E-state index is 0.0526. The van der Waals surface area contributed by atoms with E-state index in [0.29, 0.717) is 5.69 Å². The van der Waals surface area contributed by atoms with Crippen molar-refractivity contribution in [3.63, 3.8) is 0 Å². The van der Waals surface area contributed by atoms with Crippen LogP contribution in [0.3, 0.4) is 0 Å². The number of amides is 1. The van der Waals surface area contributed by atoms with E-state index in [-0.39, 0.29) is 29.5 Å². The Bertz CT molecular complexity index is 699. The lowest BCUT2D eigenvalue weighted by molar-refractivity contribution is -0.117. The van der Waals surface area contributed by atoms with Crippen LogP contribution in [0.25, 0.3) is 0 Å². The van der Waals surface area contributed by atoms with E-state index in [0.717, 1.165) is 0 Å². The van der Waals surface area contributed by atoms with Crippen LogP contribution in [-0.2, 0) is 15.0 Å². The third-order valence-electron chi connectivity index (χ3n) is 3.03. The molecule has 1 amide bonds. The summed E-state index contributed by atoms with van der Waals surface area (Å²) in [6, 6.07) is 6.57. The molecule has 0 N–H and O–H groups in total. The third-order valence-corrected chi connectivity index (χ3v) is 4.22. The second kappa shape index (κ2) is 5.38. The SMILES string of the molecule is N#Cc1c(Cl)cccc1N1CC(CS(=O)(=O)F)CC1=O. The van der Waals surface area contributed by atoms with Crippen molar-refractivity contribution in [1.82, 2.24) is 0 Å². The molecule has 1 aliphatic heterocycles. The van der Waals surface area contributed by atoms with Crippen molar-refractivity contribution in [2.45, 2.75) is 6.42 Å². The van der Waals surface area contributed by atoms with E-state index in [1.807, 2.05) is 6.07 Å². The Kier molecular flexibility index (Phi) is 3.97. The fourth-order valence-corrected chi connectivity index (χ4v) is 3.25. The van der Waals surface area contributed by atoms with Crippen LogP contribution in [0.4, 0.5) is 9.57 Å². The van der Waals surface area contributed by atoms with Gasteiger partial charge in [0.05, 0.1) is 22.0 Å². The van der Waals surface area contributed by atoms with Gasteiger partial charge in [-0.2, -0.15) is 13.7 Å². The molecule has 0 aliphatic carbocycles. The molecule has 0 radical (unpaired) electrons. The molecule has 1 aromatic carbocycles. The fraction of sp³-hybridized carbons (Fsp3) is 0.333. The van der Waals surface area contributed by atoms with E-state index >= 15 is 0 Å². The predicted octanol–water partition coefficient (Wildman–Crippen LogP) is 1.86. The second-order valence-corrected chi connectivity index (χ2v) is 6.34. The molecule has 1 aromatic rings. The van der Waals surface area contributed by atoms with Crippen molar-refractivity contribution >= 4 is 33.4 Å². The van der Waals surface area contributed by atoms with Gasteiger partial charge < -0.3 is 4.90 Å². The summed E-state index contributed by atoms with van der Waals surface area (Å²) in [6.45, 7) is 0.0526. The van der Waals surface area contributed by atoms with E-state index < -0.39 is 21.9 Å². The smallest absolute Gasteiger partial charge is 0.302 e. The number of carbonyl (C=O) groups excluding carboxylic acids is 1. The molecule has 0 spiro atoms. The molecule has 0 aromatic heterocycles. The summed E-state index contributed by atoms with van der Waals surface area (Å²) in [6.07, 6.45) is -0.0689. The quantitative estimate of drug-likeness (QED) is 0.797. The molecule has 20 heavy (non-hydrogen) atoms. The zero-order chi connectivity index (χ0) is 14.9. The van der Waals surface area contributed by atoms with Crippen LogP contribution in [-0.4, -0.2) is 26.6 Å². The molecule has 1 unspecified atom stereocenters. The highest BCUT2D eigenvalue weighted by molar-refractivity contribution is 7.86. The van der Waals surface area contributed by atoms with Crippen molar-refractivity contribution in [2.75, 3.05) is 17.2 Å². The van der Waals surface area contributed by atoms with Crippen LogP contribution in [0.1, 0.15) is 12.0 Å². The summed E-state index contributed by atoms with van der Waals surface area (Å²) in [5, 5.41) is 9.28. The lowest BCUT2D eigenvalue weighted by Crippen LogP contribution is -2.26. The number of nitrogens with zero attached hydrogens (tertiary/aromatic N) is 2. The first kappa shape index (κ1) is 14.8. The summed E-state index contributed by atoms with van der Waals surface area (Å²) in [5.74, 6) is -1.67. The summed E-state index contributed by atoms with van der Waals surface area (Å²) in [7, 11) is -4.63. The molecule has 0 saturated carbocycles. The number of rotatable bonds is 3. The van der Waals surface area contributed by atoms with Crippen LogP contribution in [0.15, 0.2) is 18.2 Å². The maximum atomic E-state index is 12.7. The summed E-state index contributed by atoms with van der Waals surface area (Å²) in [5.41, 5.74) is 0.468. The zero-order valence-electron chi connectivity index (χ0n) is 10.2. The number of carbonyl (C=O) groups is 1. The number of halogens is 2. The molecule has 1 saturated heterocycles. The average Bonchev–Trinajstić information content (AvgIpc) is 2.67. The summed E-state index contributed by atoms with van der Waals surface area (Å²) < 4.78 is 34.0. The first-order chi connectivity index (χ1) is 9.31. The van der Waals surface area contributed by atoms with Crippen molar-refractivity contribution in [2.24, 2.45) is 5.92 Å². The Morgan fingerprint density at radius 2 is 2.20 bits per heavy atom. The zero-order valence-corrected chi connectivity index (χ0v) is 11.8. The number of anilines is 1. The number of hydrogen-bond acceptors (Lipinski definition) is 4.